The maximum atomic E-state index is 14.2. The first-order chi connectivity index (χ1) is 30.1. The third-order valence-electron chi connectivity index (χ3n) is 11.6. The van der Waals surface area contributed by atoms with Crippen LogP contribution in [0, 0.1) is 12.7 Å². The van der Waals surface area contributed by atoms with E-state index >= 15 is 0 Å². The molecule has 13 nitrogen and oxygen atoms in total. The van der Waals surface area contributed by atoms with Crippen molar-refractivity contribution in [2.24, 2.45) is 0 Å². The molecule has 4 aliphatic heterocycles. The number of likely N-dealkylation sites (N-methyl/N-ethyl adjacent to an activating group) is 1. The van der Waals surface area contributed by atoms with Gasteiger partial charge in [0.1, 0.15) is 59.6 Å². The molecule has 4 aliphatic rings. The first kappa shape index (κ1) is 41.9. The number of piperazine rings is 1. The SMILES string of the molecule is Cc1c2ccc(c1Cl)O[C@H](CN1CCN(C)CC1)COc1ccc(OCc3ccnc([C@H]4CC[C@H](C)O4)n3)c(c1)C[C@H](C(=O)O)Oc1ncnc3sc(-c4ccc(F)cc4)c-2c13. The largest absolute Gasteiger partial charge is 0.490 e. The Morgan fingerprint density at radius 2 is 1.84 bits per heavy atom. The van der Waals surface area contributed by atoms with Crippen molar-refractivity contribution in [2.45, 2.75) is 64.1 Å². The number of carboxylic acids is 1. The number of hydrogen-bond donors (Lipinski definition) is 1. The zero-order chi connectivity index (χ0) is 42.9. The number of carboxylic acid groups (broad SMARTS) is 1. The summed E-state index contributed by atoms with van der Waals surface area (Å²) >= 11 is 8.59. The summed E-state index contributed by atoms with van der Waals surface area (Å²) in [7, 11) is 2.12. The van der Waals surface area contributed by atoms with Crippen molar-refractivity contribution in [1.29, 1.82) is 0 Å². The molecule has 322 valence electrons. The molecule has 62 heavy (non-hydrogen) atoms. The molecule has 7 heterocycles. The Morgan fingerprint density at radius 3 is 2.61 bits per heavy atom. The number of nitrogens with zero attached hydrogens (tertiary/aromatic N) is 6. The highest BCUT2D eigenvalue weighted by Gasteiger charge is 2.30. The lowest BCUT2D eigenvalue weighted by atomic mass is 9.96. The average molecular weight is 881 g/mol. The molecule has 0 saturated carbocycles. The van der Waals surface area contributed by atoms with Gasteiger partial charge in [0.2, 0.25) is 12.0 Å². The van der Waals surface area contributed by atoms with Crippen molar-refractivity contribution < 1.29 is 38.0 Å². The number of ether oxygens (including phenoxy) is 5. The molecule has 4 atom stereocenters. The van der Waals surface area contributed by atoms with Gasteiger partial charge in [-0.05, 0) is 92.9 Å². The lowest BCUT2D eigenvalue weighted by molar-refractivity contribution is -0.145. The summed E-state index contributed by atoms with van der Waals surface area (Å²) in [6, 6.07) is 17.1. The fourth-order valence-electron chi connectivity index (χ4n) is 8.14. The Morgan fingerprint density at radius 1 is 1.02 bits per heavy atom. The molecule has 16 heteroatoms. The topological polar surface area (TPSA) is 141 Å². The summed E-state index contributed by atoms with van der Waals surface area (Å²) in [6.07, 6.45) is 2.82. The van der Waals surface area contributed by atoms with Gasteiger partial charge in [-0.2, -0.15) is 0 Å². The van der Waals surface area contributed by atoms with E-state index < -0.39 is 18.2 Å². The molecule has 2 saturated heterocycles. The van der Waals surface area contributed by atoms with E-state index in [2.05, 4.69) is 31.8 Å². The lowest BCUT2D eigenvalue weighted by Crippen LogP contribution is -2.49. The number of hydrogen-bond acceptors (Lipinski definition) is 13. The highest BCUT2D eigenvalue weighted by atomic mass is 35.5. The number of carbonyl (C=O) groups is 1. The summed E-state index contributed by atoms with van der Waals surface area (Å²) in [6.45, 7) is 8.41. The van der Waals surface area contributed by atoms with Crippen molar-refractivity contribution in [2.75, 3.05) is 46.4 Å². The summed E-state index contributed by atoms with van der Waals surface area (Å²) in [5.41, 5.74) is 4.05. The van der Waals surface area contributed by atoms with Gasteiger partial charge in [-0.25, -0.2) is 29.1 Å². The molecule has 3 aromatic carbocycles. The molecule has 2 fully saturated rings. The second-order valence-electron chi connectivity index (χ2n) is 16.0. The van der Waals surface area contributed by atoms with Crippen LogP contribution in [-0.2, 0) is 22.6 Å². The molecule has 0 radical (unpaired) electrons. The Bertz CT molecular complexity index is 2590. The van der Waals surface area contributed by atoms with Gasteiger partial charge >= 0.3 is 5.97 Å². The third kappa shape index (κ3) is 9.04. The second kappa shape index (κ2) is 18.1. The second-order valence-corrected chi connectivity index (χ2v) is 17.4. The van der Waals surface area contributed by atoms with Crippen LogP contribution in [0.3, 0.4) is 0 Å². The minimum atomic E-state index is -1.42. The van der Waals surface area contributed by atoms with E-state index in [1.807, 2.05) is 26.0 Å². The Balaban J connectivity index is 1.13. The number of benzene rings is 3. The molecule has 0 amide bonds. The molecule has 3 aromatic heterocycles. The molecule has 1 N–H and O–H groups in total. The summed E-state index contributed by atoms with van der Waals surface area (Å²) in [4.78, 5) is 37.5. The average Bonchev–Trinajstić information content (AvgIpc) is 3.89. The standard InChI is InChI=1S/C46H46ClFN6O7S/c1-26-4-11-37(59-26)43-49-15-14-31(52-43)23-58-35-12-9-32-20-29(35)21-38(46(55)56)61-44-40-39(42(62-45(40)51-25-50-44)28-5-7-30(48)8-6-28)34-10-13-36(41(47)27(34)2)60-33(24-57-32)22-54-18-16-53(3)17-19-54/h5-10,12-15,20,25-26,33,37-38H,4,11,16-19,21-24H2,1-3H3,(H,55,56)/t26-,33+,37+,38+/m0/s1. The maximum Gasteiger partial charge on any atom is 0.345 e. The van der Waals surface area contributed by atoms with E-state index in [0.29, 0.717) is 61.7 Å². The van der Waals surface area contributed by atoms with Crippen LogP contribution >= 0.6 is 22.9 Å². The van der Waals surface area contributed by atoms with Crippen LogP contribution in [0.4, 0.5) is 4.39 Å². The minimum Gasteiger partial charge on any atom is -0.490 e. The maximum absolute atomic E-state index is 14.2. The van der Waals surface area contributed by atoms with Crippen LogP contribution in [0.1, 0.15) is 48.5 Å². The number of rotatable bonds is 8. The Kier molecular flexibility index (Phi) is 12.2. The number of aromatic nitrogens is 4. The zero-order valence-electron chi connectivity index (χ0n) is 34.6. The molecule has 0 spiro atoms. The normalized spacial score (nSPS) is 20.9. The Labute approximate surface area is 367 Å². The van der Waals surface area contributed by atoms with Crippen LogP contribution in [0.15, 0.2) is 73.2 Å². The fraction of sp³-hybridized carbons (Fsp3) is 0.370. The number of halogens is 2. The number of aliphatic carboxylic acids is 1. The van der Waals surface area contributed by atoms with E-state index in [1.54, 1.807) is 42.6 Å². The highest BCUT2D eigenvalue weighted by molar-refractivity contribution is 7.22. The van der Waals surface area contributed by atoms with E-state index in [1.165, 1.54) is 29.8 Å². The minimum absolute atomic E-state index is 0.0706. The van der Waals surface area contributed by atoms with Crippen LogP contribution in [0.2, 0.25) is 5.02 Å². The monoisotopic (exact) mass is 880 g/mol. The molecular formula is C46H46ClFN6O7S. The van der Waals surface area contributed by atoms with Crippen molar-refractivity contribution in [3.8, 4) is 44.7 Å². The summed E-state index contributed by atoms with van der Waals surface area (Å²) < 4.78 is 46.3. The number of fused-ring (bicyclic) bond motifs is 7. The third-order valence-corrected chi connectivity index (χ3v) is 13.2. The first-order valence-electron chi connectivity index (χ1n) is 20.7. The molecule has 10 rings (SSSR count). The highest BCUT2D eigenvalue weighted by Crippen LogP contribution is 2.49. The van der Waals surface area contributed by atoms with Gasteiger partial charge in [-0.1, -0.05) is 29.8 Å². The predicted molar refractivity (Wildman–Crippen MR) is 233 cm³/mol. The number of thiophene rings is 1. The Hall–Kier alpha value is -5.45. The summed E-state index contributed by atoms with van der Waals surface area (Å²) in [5.74, 6) is 0.515. The quantitative estimate of drug-likeness (QED) is 0.157. The van der Waals surface area contributed by atoms with Gasteiger partial charge < -0.3 is 33.7 Å². The van der Waals surface area contributed by atoms with Crippen molar-refractivity contribution in [3.05, 3.63) is 107 Å². The predicted octanol–water partition coefficient (Wildman–Crippen LogP) is 8.20. The van der Waals surface area contributed by atoms with Gasteiger partial charge in [0.05, 0.1) is 22.2 Å². The van der Waals surface area contributed by atoms with Crippen LogP contribution in [0.5, 0.6) is 23.1 Å². The first-order valence-corrected chi connectivity index (χ1v) is 21.9. The van der Waals surface area contributed by atoms with E-state index in [4.69, 9.17) is 40.3 Å². The lowest BCUT2D eigenvalue weighted by Gasteiger charge is -2.34. The van der Waals surface area contributed by atoms with E-state index in [9.17, 15) is 14.3 Å². The molecule has 6 aromatic rings. The fourth-order valence-corrected chi connectivity index (χ4v) is 9.51. The van der Waals surface area contributed by atoms with E-state index in [0.717, 1.165) is 60.6 Å². The van der Waals surface area contributed by atoms with Crippen molar-refractivity contribution in [1.82, 2.24) is 29.7 Å². The zero-order valence-corrected chi connectivity index (χ0v) is 36.1. The van der Waals surface area contributed by atoms with Gasteiger partial charge in [-0.3, -0.25) is 4.90 Å². The van der Waals surface area contributed by atoms with Gasteiger partial charge in [0.25, 0.3) is 0 Å². The van der Waals surface area contributed by atoms with Gasteiger partial charge in [0, 0.05) is 61.3 Å². The van der Waals surface area contributed by atoms with Crippen LogP contribution in [0.25, 0.3) is 31.8 Å². The van der Waals surface area contributed by atoms with Crippen LogP contribution in [-0.4, -0.2) is 106 Å². The molecular weight excluding hydrogens is 835 g/mol. The smallest absolute Gasteiger partial charge is 0.345 e. The van der Waals surface area contributed by atoms with Gasteiger partial charge in [0.15, 0.2) is 5.82 Å². The molecule has 0 unspecified atom stereocenters. The summed E-state index contributed by atoms with van der Waals surface area (Å²) in [5, 5.41) is 11.7. The van der Waals surface area contributed by atoms with Gasteiger partial charge in [-0.15, -0.1) is 11.3 Å². The van der Waals surface area contributed by atoms with E-state index in [-0.39, 0.29) is 43.5 Å². The molecule has 0 aliphatic carbocycles. The van der Waals surface area contributed by atoms with Crippen molar-refractivity contribution >= 4 is 39.1 Å². The molecule has 4 bridgehead atoms. The van der Waals surface area contributed by atoms with Crippen molar-refractivity contribution in [3.63, 3.8) is 0 Å². The van der Waals surface area contributed by atoms with Crippen LogP contribution < -0.4 is 18.9 Å².